The molecule has 3 rings (SSSR count). The quantitative estimate of drug-likeness (QED) is 0.644. The van der Waals surface area contributed by atoms with Crippen molar-refractivity contribution in [1.82, 2.24) is 4.31 Å². The summed E-state index contributed by atoms with van der Waals surface area (Å²) in [4.78, 5) is 12.9. The number of aromatic hydroxyl groups is 1. The van der Waals surface area contributed by atoms with E-state index in [1.807, 2.05) is 0 Å². The Morgan fingerprint density at radius 3 is 2.48 bits per heavy atom. The summed E-state index contributed by atoms with van der Waals surface area (Å²) in [5.74, 6) is -1.47. The zero-order valence-corrected chi connectivity index (χ0v) is 16.0. The van der Waals surface area contributed by atoms with Crippen LogP contribution in [0.2, 0.25) is 10.0 Å². The van der Waals surface area contributed by atoms with Gasteiger partial charge >= 0.3 is 6.03 Å². The minimum atomic E-state index is -2.72. The van der Waals surface area contributed by atoms with Crippen LogP contribution < -0.4 is 10.6 Å². The van der Waals surface area contributed by atoms with Crippen molar-refractivity contribution in [2.45, 2.75) is 5.92 Å². The maximum Gasteiger partial charge on any atom is 0.324 e. The number of halogens is 3. The van der Waals surface area contributed by atoms with Gasteiger partial charge < -0.3 is 10.8 Å². The third kappa shape index (κ3) is 3.55. The van der Waals surface area contributed by atoms with Crippen LogP contribution in [0.25, 0.3) is 0 Å². The molecule has 0 aromatic heterocycles. The average Bonchev–Trinajstić information content (AvgIpc) is 2.54. The molecule has 144 valence electrons. The van der Waals surface area contributed by atoms with Gasteiger partial charge in [0.2, 0.25) is 10.9 Å². The van der Waals surface area contributed by atoms with Crippen LogP contribution in [0, 0.1) is 5.82 Å². The van der Waals surface area contributed by atoms with Gasteiger partial charge in [-0.2, -0.15) is 0 Å². The number of hydrogen-bond donors (Lipinski definition) is 3. The number of benzene rings is 2. The van der Waals surface area contributed by atoms with Gasteiger partial charge in [0.15, 0.2) is 0 Å². The summed E-state index contributed by atoms with van der Waals surface area (Å²) in [5, 5.41) is 10.6. The molecule has 3 N–H and O–H groups in total. The number of nitrogens with two attached hydrogens (primary N) is 1. The fraction of sp³-hybridized carbons (Fsp3) is 0.188. The average molecular weight is 434 g/mol. The Hall–Kier alpha value is -2.07. The van der Waals surface area contributed by atoms with Crippen molar-refractivity contribution < 1.29 is 22.7 Å². The number of hydrogen-bond acceptors (Lipinski definition) is 4. The van der Waals surface area contributed by atoms with E-state index in [1.165, 1.54) is 28.6 Å². The highest BCUT2D eigenvalue weighted by Crippen LogP contribution is 2.45. The molecule has 0 atom stereocenters. The Labute approximate surface area is 165 Å². The van der Waals surface area contributed by atoms with Gasteiger partial charge in [0, 0.05) is 29.6 Å². The maximum absolute atomic E-state index is 13.8. The zero-order valence-electron chi connectivity index (χ0n) is 13.6. The van der Waals surface area contributed by atoms with Gasteiger partial charge in [-0.3, -0.25) is 4.90 Å². The molecule has 11 heteroatoms. The van der Waals surface area contributed by atoms with Crippen LogP contribution in [0.5, 0.6) is 5.75 Å². The number of carbonyl (C=O) groups is 1. The number of anilines is 2. The molecule has 1 saturated heterocycles. The van der Waals surface area contributed by atoms with Gasteiger partial charge in [0.1, 0.15) is 16.6 Å². The third-order valence-electron chi connectivity index (χ3n) is 4.28. The number of thiol groups is 1. The normalized spacial score (nSPS) is 15.0. The first-order valence-corrected chi connectivity index (χ1v) is 9.55. The topological polar surface area (TPSA) is 104 Å². The molecule has 0 unspecified atom stereocenters. The molecule has 0 bridgehead atoms. The van der Waals surface area contributed by atoms with Crippen molar-refractivity contribution in [2.24, 2.45) is 5.73 Å². The third-order valence-corrected chi connectivity index (χ3v) is 5.77. The minimum absolute atomic E-state index is 0.0423. The highest BCUT2D eigenvalue weighted by Gasteiger charge is 2.35. The Morgan fingerprint density at radius 1 is 1.22 bits per heavy atom. The number of amides is 2. The first kappa shape index (κ1) is 19.7. The van der Waals surface area contributed by atoms with E-state index >= 15 is 0 Å². The molecule has 1 aliphatic heterocycles. The second-order valence-corrected chi connectivity index (χ2v) is 7.71. The number of urea groups is 1. The predicted octanol–water partition coefficient (Wildman–Crippen LogP) is 2.98. The lowest BCUT2D eigenvalue weighted by Gasteiger charge is -2.36. The molecule has 1 fully saturated rings. The molecule has 1 heterocycles. The molecule has 0 saturated carbocycles. The smallest absolute Gasteiger partial charge is 0.324 e. The van der Waals surface area contributed by atoms with Gasteiger partial charge in [0.05, 0.1) is 11.4 Å². The molecule has 2 amide bonds. The van der Waals surface area contributed by atoms with E-state index in [2.05, 4.69) is 0 Å². The molecular weight excluding hydrogens is 420 g/mol. The van der Waals surface area contributed by atoms with Crippen molar-refractivity contribution in [3.63, 3.8) is 0 Å². The number of phenolic OH excluding ortho intramolecular Hbond substituents is 1. The largest absolute Gasteiger partial charge is 0.505 e. The zero-order chi connectivity index (χ0) is 19.9. The van der Waals surface area contributed by atoms with E-state index in [1.54, 1.807) is 0 Å². The van der Waals surface area contributed by atoms with Crippen LogP contribution in [-0.2, 0) is 10.9 Å². The van der Waals surface area contributed by atoms with Crippen LogP contribution in [0.15, 0.2) is 30.3 Å². The van der Waals surface area contributed by atoms with Gasteiger partial charge in [-0.1, -0.05) is 29.3 Å². The number of phenols is 1. The lowest BCUT2D eigenvalue weighted by molar-refractivity contribution is 0.255. The summed E-state index contributed by atoms with van der Waals surface area (Å²) < 4.78 is 37.0. The Bertz CT molecular complexity index is 988. The summed E-state index contributed by atoms with van der Waals surface area (Å²) in [6.07, 6.45) is 0. The summed E-state index contributed by atoms with van der Waals surface area (Å²) in [7, 11) is -2.72. The van der Waals surface area contributed by atoms with Gasteiger partial charge in [0.25, 0.3) is 0 Å². The molecule has 27 heavy (non-hydrogen) atoms. The van der Waals surface area contributed by atoms with Crippen LogP contribution in [0.1, 0.15) is 11.5 Å². The fourth-order valence-electron chi connectivity index (χ4n) is 2.94. The lowest BCUT2D eigenvalue weighted by Crippen LogP contribution is -2.43. The monoisotopic (exact) mass is 433 g/mol. The fourth-order valence-corrected chi connectivity index (χ4v) is 4.12. The maximum atomic E-state index is 13.8. The van der Waals surface area contributed by atoms with Gasteiger partial charge in [-0.05, 0) is 24.3 Å². The molecule has 0 radical (unpaired) electrons. The van der Waals surface area contributed by atoms with E-state index in [0.29, 0.717) is 0 Å². The van der Waals surface area contributed by atoms with E-state index in [9.17, 15) is 22.7 Å². The molecule has 2 aromatic carbocycles. The van der Waals surface area contributed by atoms with Crippen LogP contribution in [0.3, 0.4) is 0 Å². The summed E-state index contributed by atoms with van der Waals surface area (Å²) in [6.45, 7) is 0.291. The first-order chi connectivity index (χ1) is 12.7. The molecule has 0 aliphatic carbocycles. The molecule has 1 aliphatic rings. The summed E-state index contributed by atoms with van der Waals surface area (Å²) in [5.41, 5.74) is 5.62. The summed E-state index contributed by atoms with van der Waals surface area (Å²) in [6, 6.07) is 5.62. The van der Waals surface area contributed by atoms with Crippen molar-refractivity contribution in [3.05, 3.63) is 51.8 Å². The number of nitrogens with zero attached hydrogens (tertiary/aromatic N) is 2. The Balaban J connectivity index is 2.09. The second kappa shape index (κ2) is 7.51. The number of carbonyl (C=O) groups excluding carboxylic acids is 1. The molecule has 7 nitrogen and oxygen atoms in total. The molecule has 0 spiro atoms. The van der Waals surface area contributed by atoms with E-state index in [-0.39, 0.29) is 51.7 Å². The van der Waals surface area contributed by atoms with Gasteiger partial charge in [-0.15, -0.1) is 0 Å². The van der Waals surface area contributed by atoms with Crippen molar-refractivity contribution in [2.75, 3.05) is 18.0 Å². The van der Waals surface area contributed by atoms with Crippen LogP contribution >= 0.6 is 23.2 Å². The highest BCUT2D eigenvalue weighted by molar-refractivity contribution is 7.69. The summed E-state index contributed by atoms with van der Waals surface area (Å²) >= 11 is 12.1. The number of primary amides is 1. The SMILES string of the molecule is NC(=O)N(c1ccc(Cl)c(C2CN([SH](=O)=O)C2)c1O)c1cccc(F)c1Cl. The number of rotatable bonds is 4. The van der Waals surface area contributed by atoms with Gasteiger partial charge in [-0.25, -0.2) is 21.9 Å². The van der Waals surface area contributed by atoms with E-state index in [4.69, 9.17) is 28.9 Å². The lowest BCUT2D eigenvalue weighted by atomic mass is 9.92. The predicted molar refractivity (Wildman–Crippen MR) is 101 cm³/mol. The van der Waals surface area contributed by atoms with Crippen molar-refractivity contribution >= 4 is 51.5 Å². The van der Waals surface area contributed by atoms with Crippen molar-refractivity contribution in [3.8, 4) is 5.75 Å². The minimum Gasteiger partial charge on any atom is -0.505 e. The van der Waals surface area contributed by atoms with E-state index < -0.39 is 22.7 Å². The molecule has 2 aromatic rings. The van der Waals surface area contributed by atoms with E-state index in [0.717, 1.165) is 11.0 Å². The Morgan fingerprint density at radius 2 is 1.89 bits per heavy atom. The second-order valence-electron chi connectivity index (χ2n) is 5.88. The van der Waals surface area contributed by atoms with Crippen molar-refractivity contribution in [1.29, 1.82) is 0 Å². The first-order valence-electron chi connectivity index (χ1n) is 7.66. The standard InChI is InChI=1S/C16H14Cl2FN3O4S/c17-9-4-5-12(15(23)13(9)8-6-21(7-8)27(25)26)22(16(20)24)11-3-1-2-10(19)14(11)18/h1-5,8,23,27H,6-7H2,(H2,20,24). The van der Waals surface area contributed by atoms with Crippen LogP contribution in [-0.4, -0.2) is 37.0 Å². The Kier molecular flexibility index (Phi) is 5.48. The van der Waals surface area contributed by atoms with Crippen LogP contribution in [0.4, 0.5) is 20.6 Å². The highest BCUT2D eigenvalue weighted by atomic mass is 35.5. The molecular formula is C16H14Cl2FN3O4S.